The van der Waals surface area contributed by atoms with Crippen LogP contribution in [0.25, 0.3) is 0 Å². The lowest BCUT2D eigenvalue weighted by atomic mass is 9.72. The lowest BCUT2D eigenvalue weighted by Gasteiger charge is -2.46. The van der Waals surface area contributed by atoms with E-state index in [0.29, 0.717) is 21.4 Å². The van der Waals surface area contributed by atoms with Crippen LogP contribution in [0.15, 0.2) is 65.3 Å². The number of aliphatic hydroxyl groups excluding tert-OH is 4. The van der Waals surface area contributed by atoms with E-state index in [1.165, 1.54) is 51.2 Å². The first-order valence-corrected chi connectivity index (χ1v) is 34.0. The number of likely N-dealkylation sites (N-methyl/N-ethyl adjacent to an activating group) is 1. The Morgan fingerprint density at radius 3 is 2.24 bits per heavy atom. The fraction of sp³-hybridized carbons (Fsp3) is 0.609. The van der Waals surface area contributed by atoms with Crippen molar-refractivity contribution in [2.75, 3.05) is 47.3 Å². The Morgan fingerprint density at radius 2 is 1.58 bits per heavy atom. The summed E-state index contributed by atoms with van der Waals surface area (Å²) in [6.07, 6.45) is -12.6. The van der Waals surface area contributed by atoms with Gasteiger partial charge in [0.2, 0.25) is 17.2 Å². The molecule has 26 heteroatoms. The van der Waals surface area contributed by atoms with Crippen molar-refractivity contribution in [3.63, 3.8) is 0 Å². The van der Waals surface area contributed by atoms with E-state index in [1.54, 1.807) is 51.7 Å². The molecule has 90 heavy (non-hydrogen) atoms. The zero-order valence-electron chi connectivity index (χ0n) is 52.4. The molecule has 0 aromatic heterocycles. The molecule has 4 heterocycles. The van der Waals surface area contributed by atoms with E-state index in [1.807, 2.05) is 47.7 Å². The number of hydroxylamine groups is 1. The van der Waals surface area contributed by atoms with Gasteiger partial charge in [-0.3, -0.25) is 19.2 Å². The van der Waals surface area contributed by atoms with Gasteiger partial charge in [-0.2, -0.15) is 5.48 Å². The van der Waals surface area contributed by atoms with Gasteiger partial charge < -0.3 is 83.0 Å². The van der Waals surface area contributed by atoms with Crippen molar-refractivity contribution in [3.05, 3.63) is 85.5 Å². The molecular formula is C64H83IN2O20S3. The Balaban J connectivity index is 1.02. The molecule has 0 amide bonds. The number of ketones is 2. The smallest absolute Gasteiger partial charge is 0.229 e. The number of carbonyl (C=O) groups is 3. The Labute approximate surface area is 551 Å². The number of allylic oxidation sites excluding steroid dienone is 3. The summed E-state index contributed by atoms with van der Waals surface area (Å²) in [6, 6.07) is 8.81. The number of fused-ring (bicyclic) bond motifs is 2. The molecule has 0 unspecified atom stereocenters. The molecule has 4 fully saturated rings. The summed E-state index contributed by atoms with van der Waals surface area (Å²) in [5.74, 6) is 11.5. The number of carbonyl (C=O) groups excluding carboxylic acids is 3. The van der Waals surface area contributed by atoms with Crippen molar-refractivity contribution in [3.8, 4) is 40.9 Å². The van der Waals surface area contributed by atoms with Crippen molar-refractivity contribution in [1.82, 2.24) is 10.8 Å². The highest BCUT2D eigenvalue weighted by Crippen LogP contribution is 2.50. The zero-order valence-corrected chi connectivity index (χ0v) is 57.0. The van der Waals surface area contributed by atoms with Crippen molar-refractivity contribution in [2.24, 2.45) is 0 Å². The normalized spacial score (nSPS) is 34.6. The van der Waals surface area contributed by atoms with Crippen LogP contribution < -0.4 is 25.0 Å². The molecule has 494 valence electrons. The summed E-state index contributed by atoms with van der Waals surface area (Å²) in [5, 5.41) is 60.7. The summed E-state index contributed by atoms with van der Waals surface area (Å²) in [5.41, 5.74) is 3.11. The van der Waals surface area contributed by atoms with Gasteiger partial charge in [-0.1, -0.05) is 100 Å². The molecule has 19 atom stereocenters. The third-order valence-corrected chi connectivity index (χ3v) is 22.3. The number of hydrogen-bond donors (Lipinski definition) is 7. The average molecular weight is 1420 g/mol. The second-order valence-corrected chi connectivity index (χ2v) is 28.4. The third kappa shape index (κ3) is 16.5. The number of rotatable bonds is 24. The number of benzene rings is 2. The van der Waals surface area contributed by atoms with Crippen molar-refractivity contribution >= 4 is 72.6 Å². The maximum atomic E-state index is 14.5. The molecule has 2 bridgehead atoms. The van der Waals surface area contributed by atoms with Gasteiger partial charge in [-0.05, 0) is 101 Å². The van der Waals surface area contributed by atoms with E-state index in [0.717, 1.165) is 17.3 Å². The summed E-state index contributed by atoms with van der Waals surface area (Å²) in [7, 11) is 8.85. The molecule has 0 spiro atoms. The maximum absolute atomic E-state index is 14.5. The summed E-state index contributed by atoms with van der Waals surface area (Å²) in [6.45, 7) is 15.1. The van der Waals surface area contributed by atoms with E-state index in [-0.39, 0.29) is 88.1 Å². The van der Waals surface area contributed by atoms with Crippen LogP contribution in [-0.2, 0) is 57.1 Å². The molecule has 4 saturated heterocycles. The fourth-order valence-electron chi connectivity index (χ4n) is 11.7. The van der Waals surface area contributed by atoms with Crippen molar-refractivity contribution in [1.29, 1.82) is 0 Å². The summed E-state index contributed by atoms with van der Waals surface area (Å²) < 4.78 is 67.8. The Bertz CT molecular complexity index is 3080. The number of ether oxygens (including phenoxy) is 11. The van der Waals surface area contributed by atoms with Crippen LogP contribution in [0.3, 0.4) is 0 Å². The number of methoxy groups -OCH3 is 4. The average Bonchev–Trinajstić information content (AvgIpc) is 0.777. The first-order valence-electron chi connectivity index (χ1n) is 29.8. The van der Waals surface area contributed by atoms with Crippen molar-refractivity contribution in [2.45, 2.75) is 201 Å². The standard InChI is InChI=1S/C64H83IN2O20S3/c1-13-66-40-31-80-45(29-44(40)76-9)85-57-52(72)50(67-87-46-28-41(69)59(36(6)81-46)89-60(74)47-33(3)49(65)55(58(79-12)54(47)77-10)86-61-53(73)56(78-11)51(71)35(5)83-61)34(4)82-62(57)84-43-23-19-14-15-20-25-64(75)30-42(70)38(27-32(2)68)48(43)39(64)24-26-88-90-63(7,8)37-21-17-16-18-22-37/h14-18,21-22,24,34-36,40-41,43-46,50-53,56-57,59,61-62,66-67,69,71-73,75H,13,26-31H2,1-12H3/b15-14-,39-24+/t34-,35+,36-,40+,41+,43+,44+,45+,46+,50-,51+,52+,53-,56-,57-,59-,61+,62+,64+/m1/s1. The van der Waals surface area contributed by atoms with Crippen LogP contribution in [-0.4, -0.2) is 205 Å². The zero-order chi connectivity index (χ0) is 65.4. The molecule has 2 aromatic rings. The van der Waals surface area contributed by atoms with E-state index in [9.17, 15) is 39.9 Å². The highest BCUT2D eigenvalue weighted by molar-refractivity contribution is 14.1. The predicted molar refractivity (Wildman–Crippen MR) is 345 cm³/mol. The second-order valence-electron chi connectivity index (χ2n) is 23.2. The maximum Gasteiger partial charge on any atom is 0.229 e. The number of nitrogens with one attached hydrogen (secondary N) is 2. The Hall–Kier alpha value is -3.67. The lowest BCUT2D eigenvalue weighted by Crippen LogP contribution is -2.65. The number of aliphatic hydroxyl groups is 5. The molecule has 0 radical (unpaired) electrons. The minimum absolute atomic E-state index is 0.0315. The molecule has 2 aliphatic carbocycles. The van der Waals surface area contributed by atoms with Crippen LogP contribution in [0.2, 0.25) is 0 Å². The van der Waals surface area contributed by atoms with E-state index in [2.05, 4.69) is 60.5 Å². The van der Waals surface area contributed by atoms with E-state index < -0.39 is 120 Å². The van der Waals surface area contributed by atoms with Gasteiger partial charge in [0.05, 0.1) is 84.2 Å². The SMILES string of the molecule is CCN[C@H]1CO[C@@H](O[C@H]2[C@H](O[C@H]3C#C/C=C\C#C[C@]4(O)CC(=O)C(CC(C)=O)=C3/C4=C\CSSC(C)(C)c3ccccc3)O[C@H](C)[C@@H](NO[C@H]3C[C@H](O)[C@H](SC(=O)c4c(C)c(I)c(O[C@@H]5O[C@@H](C)[C@H](O)[C@@H](OC)[C@H]5O)c(OC)c4OC)[C@@H](C)O3)[C@@H]2O)C[C@@H]1OC. The monoisotopic (exact) mass is 1420 g/mol. The highest BCUT2D eigenvalue weighted by Gasteiger charge is 2.52. The molecule has 7 N–H and O–H groups in total. The molecule has 6 aliphatic rings. The first kappa shape index (κ1) is 72.2. The van der Waals surface area contributed by atoms with Gasteiger partial charge in [0, 0.05) is 60.7 Å². The van der Waals surface area contributed by atoms with Crippen LogP contribution in [0.1, 0.15) is 95.6 Å². The summed E-state index contributed by atoms with van der Waals surface area (Å²) >= 11 is 2.84. The second kappa shape index (κ2) is 32.2. The Kier molecular flexibility index (Phi) is 25.8. The molecular weight excluding hydrogens is 1340 g/mol. The molecule has 2 aromatic carbocycles. The number of hydrogen-bond acceptors (Lipinski definition) is 25. The molecule has 8 rings (SSSR count). The van der Waals surface area contributed by atoms with Gasteiger partial charge in [0.1, 0.15) is 42.4 Å². The number of thioether (sulfide) groups is 1. The third-order valence-electron chi connectivity index (χ3n) is 16.5. The van der Waals surface area contributed by atoms with E-state index >= 15 is 0 Å². The minimum atomic E-state index is -2.02. The fourth-order valence-corrected chi connectivity index (χ4v) is 15.9. The molecule has 0 saturated carbocycles. The van der Waals surface area contributed by atoms with Crippen LogP contribution >= 0.6 is 55.9 Å². The van der Waals surface area contributed by atoms with Gasteiger partial charge in [-0.15, -0.1) is 0 Å². The van der Waals surface area contributed by atoms with Gasteiger partial charge in [-0.25, -0.2) is 0 Å². The highest BCUT2D eigenvalue weighted by atomic mass is 127. The van der Waals surface area contributed by atoms with Gasteiger partial charge >= 0.3 is 0 Å². The topological polar surface area (TPSA) is 287 Å². The first-order chi connectivity index (χ1) is 42.9. The quantitative estimate of drug-likeness (QED) is 0.0224. The largest absolute Gasteiger partial charge is 0.492 e. The lowest BCUT2D eigenvalue weighted by molar-refractivity contribution is -0.336. The minimum Gasteiger partial charge on any atom is -0.492 e. The van der Waals surface area contributed by atoms with Crippen LogP contribution in [0.5, 0.6) is 17.2 Å². The van der Waals surface area contributed by atoms with Gasteiger partial charge in [0.25, 0.3) is 0 Å². The van der Waals surface area contributed by atoms with Gasteiger partial charge in [0.15, 0.2) is 41.8 Å². The van der Waals surface area contributed by atoms with Crippen molar-refractivity contribution < 1.29 is 96.9 Å². The predicted octanol–water partition coefficient (Wildman–Crippen LogP) is 5.52. The van der Waals surface area contributed by atoms with Crippen LogP contribution in [0.4, 0.5) is 0 Å². The molecule has 22 nitrogen and oxygen atoms in total. The van der Waals surface area contributed by atoms with E-state index in [4.69, 9.17) is 56.9 Å². The molecule has 4 aliphatic heterocycles. The summed E-state index contributed by atoms with van der Waals surface area (Å²) in [4.78, 5) is 48.1. The number of halogens is 1. The Morgan fingerprint density at radius 1 is 0.867 bits per heavy atom. The van der Waals surface area contributed by atoms with Crippen LogP contribution in [0, 0.1) is 34.2 Å². The number of Topliss-reactive ketones (excluding diaryl/α,β-unsaturated/α-hetero) is 2.